The van der Waals surface area contributed by atoms with E-state index in [1.165, 1.54) is 11.3 Å². The molecule has 1 aromatic heterocycles. The number of aromatic nitrogens is 1. The van der Waals surface area contributed by atoms with Crippen LogP contribution in [-0.4, -0.2) is 68.4 Å². The molecule has 182 valence electrons. The smallest absolute Gasteiger partial charge is 0.266 e. The van der Waals surface area contributed by atoms with Gasteiger partial charge in [0.05, 0.1) is 30.0 Å². The average molecular weight is 492 g/mol. The molecule has 0 atom stereocenters. The first-order chi connectivity index (χ1) is 17.2. The van der Waals surface area contributed by atoms with E-state index >= 15 is 0 Å². The molecular weight excluding hydrogens is 462 g/mol. The van der Waals surface area contributed by atoms with Crippen molar-refractivity contribution >= 4 is 43.4 Å². The lowest BCUT2D eigenvalue weighted by molar-refractivity contribution is -0.120. The number of hydrogen-bond donors (Lipinski definition) is 0. The third-order valence-corrected chi connectivity index (χ3v) is 7.06. The summed E-state index contributed by atoms with van der Waals surface area (Å²) in [5.41, 5.74) is 0.855. The summed E-state index contributed by atoms with van der Waals surface area (Å²) in [4.78, 5) is 22.2. The van der Waals surface area contributed by atoms with Gasteiger partial charge in [0.2, 0.25) is 0 Å². The summed E-state index contributed by atoms with van der Waals surface area (Å²) in [6, 6.07) is 19.8. The Hall–Kier alpha value is -3.20. The van der Waals surface area contributed by atoms with Crippen molar-refractivity contribution in [3.8, 4) is 11.5 Å². The van der Waals surface area contributed by atoms with Crippen LogP contribution >= 0.6 is 11.3 Å². The van der Waals surface area contributed by atoms with Crippen molar-refractivity contribution in [2.75, 3.05) is 57.5 Å². The van der Waals surface area contributed by atoms with Crippen molar-refractivity contribution in [1.82, 2.24) is 9.88 Å². The van der Waals surface area contributed by atoms with Gasteiger partial charge in [-0.25, -0.2) is 4.98 Å². The van der Waals surface area contributed by atoms with Crippen LogP contribution in [0.3, 0.4) is 0 Å². The second kappa shape index (κ2) is 11.0. The van der Waals surface area contributed by atoms with E-state index in [0.717, 1.165) is 59.6 Å². The van der Waals surface area contributed by atoms with Crippen molar-refractivity contribution in [1.29, 1.82) is 0 Å². The van der Waals surface area contributed by atoms with E-state index in [1.807, 2.05) is 61.5 Å². The highest BCUT2D eigenvalue weighted by atomic mass is 32.1. The number of thiazole rings is 1. The second-order valence-corrected chi connectivity index (χ2v) is 9.37. The summed E-state index contributed by atoms with van der Waals surface area (Å²) in [7, 11) is 0. The lowest BCUT2D eigenvalue weighted by Crippen LogP contribution is -2.44. The molecule has 0 aliphatic carbocycles. The van der Waals surface area contributed by atoms with Gasteiger partial charge in [-0.1, -0.05) is 41.7 Å². The minimum Gasteiger partial charge on any atom is -0.494 e. The minimum atomic E-state index is -0.115. The van der Waals surface area contributed by atoms with Gasteiger partial charge < -0.3 is 14.2 Å². The Kier molecular flexibility index (Phi) is 7.42. The standard InChI is InChI=1S/C27H29N3O4S/c1-2-33-23-9-10-24-25(18-23)35-27(28-24)30(12-11-29-13-15-32-16-14-29)26(31)19-34-22-8-7-20-5-3-4-6-21(20)17-22/h3-10,17-18H,2,11-16,19H2,1H3. The lowest BCUT2D eigenvalue weighted by Gasteiger charge is -2.29. The van der Waals surface area contributed by atoms with Crippen LogP contribution in [0.4, 0.5) is 5.13 Å². The van der Waals surface area contributed by atoms with E-state index in [0.29, 0.717) is 24.0 Å². The van der Waals surface area contributed by atoms with Crippen LogP contribution < -0.4 is 14.4 Å². The Morgan fingerprint density at radius 2 is 1.80 bits per heavy atom. The van der Waals surface area contributed by atoms with Crippen LogP contribution in [0.1, 0.15) is 6.92 Å². The summed E-state index contributed by atoms with van der Waals surface area (Å²) in [5, 5.41) is 2.89. The largest absolute Gasteiger partial charge is 0.494 e. The van der Waals surface area contributed by atoms with Gasteiger partial charge in [-0.3, -0.25) is 14.6 Å². The Balaban J connectivity index is 1.34. The highest BCUT2D eigenvalue weighted by Gasteiger charge is 2.22. The van der Waals surface area contributed by atoms with Gasteiger partial charge in [-0.15, -0.1) is 0 Å². The summed E-state index contributed by atoms with van der Waals surface area (Å²) in [5.74, 6) is 1.37. The monoisotopic (exact) mass is 491 g/mol. The molecule has 1 fully saturated rings. The number of amides is 1. The van der Waals surface area contributed by atoms with E-state index in [1.54, 1.807) is 4.90 Å². The fraction of sp³-hybridized carbons (Fsp3) is 0.333. The number of benzene rings is 3. The molecule has 1 amide bonds. The molecule has 0 bridgehead atoms. The van der Waals surface area contributed by atoms with Crippen LogP contribution in [0.15, 0.2) is 60.7 Å². The highest BCUT2D eigenvalue weighted by molar-refractivity contribution is 7.22. The molecule has 4 aromatic rings. The first-order valence-corrected chi connectivity index (χ1v) is 12.8. The molecule has 5 rings (SSSR count). The Labute approximate surface area is 208 Å². The first kappa shape index (κ1) is 23.5. The Morgan fingerprint density at radius 3 is 2.63 bits per heavy atom. The molecular formula is C27H29N3O4S. The van der Waals surface area contributed by atoms with E-state index in [9.17, 15) is 4.79 Å². The second-order valence-electron chi connectivity index (χ2n) is 8.36. The predicted molar refractivity (Wildman–Crippen MR) is 140 cm³/mol. The number of rotatable bonds is 9. The molecule has 35 heavy (non-hydrogen) atoms. The van der Waals surface area contributed by atoms with Gasteiger partial charge in [-0.2, -0.15) is 0 Å². The first-order valence-electron chi connectivity index (χ1n) is 11.9. The van der Waals surface area contributed by atoms with E-state index < -0.39 is 0 Å². The summed E-state index contributed by atoms with van der Waals surface area (Å²) in [6.45, 7) is 6.99. The van der Waals surface area contributed by atoms with Crippen molar-refractivity contribution in [2.24, 2.45) is 0 Å². The van der Waals surface area contributed by atoms with Crippen LogP contribution in [0.25, 0.3) is 21.0 Å². The van der Waals surface area contributed by atoms with Crippen molar-refractivity contribution < 1.29 is 19.0 Å². The molecule has 0 N–H and O–H groups in total. The molecule has 7 nitrogen and oxygen atoms in total. The van der Waals surface area contributed by atoms with Crippen LogP contribution in [0, 0.1) is 0 Å². The molecule has 1 aliphatic heterocycles. The molecule has 0 saturated carbocycles. The van der Waals surface area contributed by atoms with E-state index in [-0.39, 0.29) is 12.5 Å². The highest BCUT2D eigenvalue weighted by Crippen LogP contribution is 2.32. The normalized spacial score (nSPS) is 14.3. The van der Waals surface area contributed by atoms with Crippen molar-refractivity contribution in [3.63, 3.8) is 0 Å². The average Bonchev–Trinajstić information content (AvgIpc) is 3.31. The fourth-order valence-electron chi connectivity index (χ4n) is 4.14. The molecule has 0 unspecified atom stereocenters. The van der Waals surface area contributed by atoms with E-state index in [2.05, 4.69) is 11.0 Å². The zero-order valence-electron chi connectivity index (χ0n) is 19.8. The van der Waals surface area contributed by atoms with Gasteiger partial charge in [0.15, 0.2) is 11.7 Å². The maximum Gasteiger partial charge on any atom is 0.266 e. The van der Waals surface area contributed by atoms with Gasteiger partial charge >= 0.3 is 0 Å². The zero-order chi connectivity index (χ0) is 24.0. The third kappa shape index (κ3) is 5.73. The number of morpholine rings is 1. The summed E-state index contributed by atoms with van der Waals surface area (Å²) >= 11 is 1.50. The maximum absolute atomic E-state index is 13.4. The lowest BCUT2D eigenvalue weighted by atomic mass is 10.1. The van der Waals surface area contributed by atoms with Gasteiger partial charge in [0, 0.05) is 26.2 Å². The van der Waals surface area contributed by atoms with Crippen molar-refractivity contribution in [2.45, 2.75) is 6.92 Å². The summed E-state index contributed by atoms with van der Waals surface area (Å²) < 4.78 is 18.0. The predicted octanol–water partition coefficient (Wildman–Crippen LogP) is 4.59. The molecule has 0 radical (unpaired) electrons. The number of ether oxygens (including phenoxy) is 3. The number of carbonyl (C=O) groups is 1. The molecule has 1 saturated heterocycles. The molecule has 0 spiro atoms. The Morgan fingerprint density at radius 1 is 1.03 bits per heavy atom. The van der Waals surface area contributed by atoms with Crippen LogP contribution in [0.5, 0.6) is 11.5 Å². The maximum atomic E-state index is 13.4. The number of hydrogen-bond acceptors (Lipinski definition) is 7. The number of fused-ring (bicyclic) bond motifs is 2. The van der Waals surface area contributed by atoms with Gasteiger partial charge in [-0.05, 0) is 48.0 Å². The van der Waals surface area contributed by atoms with Crippen molar-refractivity contribution in [3.05, 3.63) is 60.7 Å². The molecule has 1 aliphatic rings. The summed E-state index contributed by atoms with van der Waals surface area (Å²) in [6.07, 6.45) is 0. The quantitative estimate of drug-likeness (QED) is 0.341. The number of anilines is 1. The van der Waals surface area contributed by atoms with Gasteiger partial charge in [0.1, 0.15) is 11.5 Å². The molecule has 2 heterocycles. The third-order valence-electron chi connectivity index (χ3n) is 6.02. The number of nitrogens with zero attached hydrogens (tertiary/aromatic N) is 3. The van der Waals surface area contributed by atoms with Crippen LogP contribution in [-0.2, 0) is 9.53 Å². The number of carbonyl (C=O) groups excluding carboxylic acids is 1. The molecule has 8 heteroatoms. The van der Waals surface area contributed by atoms with Gasteiger partial charge in [0.25, 0.3) is 5.91 Å². The topological polar surface area (TPSA) is 64.1 Å². The SMILES string of the molecule is CCOc1ccc2nc(N(CCN3CCOCC3)C(=O)COc3ccc4ccccc4c3)sc2c1. The van der Waals surface area contributed by atoms with E-state index in [4.69, 9.17) is 19.2 Å². The minimum absolute atomic E-state index is 0.0540. The molecule has 3 aromatic carbocycles. The fourth-order valence-corrected chi connectivity index (χ4v) is 5.18. The van der Waals surface area contributed by atoms with Crippen LogP contribution in [0.2, 0.25) is 0 Å². The Bertz CT molecular complexity index is 1300. The zero-order valence-corrected chi connectivity index (χ0v) is 20.6.